The molecule has 0 bridgehead atoms. The maximum Gasteiger partial charge on any atom is 0.0991 e. The molecule has 0 saturated heterocycles. The van der Waals surface area contributed by atoms with Gasteiger partial charge in [0.15, 0.2) is 0 Å². The van der Waals surface area contributed by atoms with Gasteiger partial charge in [-0.05, 0) is 48.9 Å². The average Bonchev–Trinajstić information content (AvgIpc) is 2.46. The monoisotopic (exact) mass is 286 g/mol. The lowest BCUT2D eigenvalue weighted by molar-refractivity contribution is 0.199. The standard InChI is InChI=1S/C16H15ClN2O/c1-11(20)13-5-8-16(15(17)9-13)19(2)14-6-3-12(10-18)4-7-14/h3-9,11,20H,1-2H3/t11-/m0/s1. The summed E-state index contributed by atoms with van der Waals surface area (Å²) in [6.45, 7) is 1.70. The van der Waals surface area contributed by atoms with Crippen molar-refractivity contribution in [2.75, 3.05) is 11.9 Å². The number of aliphatic hydroxyl groups is 1. The molecule has 0 spiro atoms. The summed E-state index contributed by atoms with van der Waals surface area (Å²) in [4.78, 5) is 1.94. The molecule has 0 unspecified atom stereocenters. The molecule has 1 atom stereocenters. The quantitative estimate of drug-likeness (QED) is 0.926. The Balaban J connectivity index is 2.33. The number of hydrogen-bond donors (Lipinski definition) is 1. The van der Waals surface area contributed by atoms with Crippen LogP contribution in [0.2, 0.25) is 5.02 Å². The second-order valence-corrected chi connectivity index (χ2v) is 5.01. The fraction of sp³-hybridized carbons (Fsp3) is 0.188. The van der Waals surface area contributed by atoms with Crippen LogP contribution < -0.4 is 4.90 Å². The van der Waals surface area contributed by atoms with E-state index in [-0.39, 0.29) is 0 Å². The topological polar surface area (TPSA) is 47.3 Å². The largest absolute Gasteiger partial charge is 0.389 e. The highest BCUT2D eigenvalue weighted by Gasteiger charge is 2.10. The molecule has 0 heterocycles. The maximum atomic E-state index is 9.55. The van der Waals surface area contributed by atoms with E-state index in [1.807, 2.05) is 36.2 Å². The average molecular weight is 287 g/mol. The van der Waals surface area contributed by atoms with Gasteiger partial charge in [0.05, 0.1) is 28.4 Å². The summed E-state index contributed by atoms with van der Waals surface area (Å²) in [7, 11) is 1.91. The second-order valence-electron chi connectivity index (χ2n) is 4.60. The number of anilines is 2. The summed E-state index contributed by atoms with van der Waals surface area (Å²) in [6, 6.07) is 14.9. The molecule has 1 N–H and O–H groups in total. The molecule has 0 amide bonds. The van der Waals surface area contributed by atoms with E-state index in [9.17, 15) is 5.11 Å². The van der Waals surface area contributed by atoms with Crippen LogP contribution in [0.1, 0.15) is 24.2 Å². The first kappa shape index (κ1) is 14.4. The van der Waals surface area contributed by atoms with E-state index in [1.165, 1.54) is 0 Å². The zero-order valence-corrected chi connectivity index (χ0v) is 12.1. The SMILES string of the molecule is C[C@H](O)c1ccc(N(C)c2ccc(C#N)cc2)c(Cl)c1. The van der Waals surface area contributed by atoms with Gasteiger partial charge in [0.25, 0.3) is 0 Å². The van der Waals surface area contributed by atoms with Crippen molar-refractivity contribution in [3.63, 3.8) is 0 Å². The molecular weight excluding hydrogens is 272 g/mol. The molecule has 0 radical (unpaired) electrons. The molecule has 0 aliphatic rings. The van der Waals surface area contributed by atoms with E-state index in [4.69, 9.17) is 16.9 Å². The van der Waals surface area contributed by atoms with E-state index in [0.717, 1.165) is 16.9 Å². The van der Waals surface area contributed by atoms with Gasteiger partial charge in [-0.3, -0.25) is 0 Å². The Morgan fingerprint density at radius 2 is 1.85 bits per heavy atom. The van der Waals surface area contributed by atoms with Gasteiger partial charge in [-0.1, -0.05) is 17.7 Å². The van der Waals surface area contributed by atoms with Crippen LogP contribution in [0.25, 0.3) is 0 Å². The summed E-state index contributed by atoms with van der Waals surface area (Å²) in [5.74, 6) is 0. The maximum absolute atomic E-state index is 9.55. The van der Waals surface area contributed by atoms with E-state index in [2.05, 4.69) is 6.07 Å². The predicted molar refractivity (Wildman–Crippen MR) is 81.3 cm³/mol. The van der Waals surface area contributed by atoms with Gasteiger partial charge in [-0.15, -0.1) is 0 Å². The van der Waals surface area contributed by atoms with Gasteiger partial charge < -0.3 is 10.0 Å². The summed E-state index contributed by atoms with van der Waals surface area (Å²) in [5, 5.41) is 18.9. The van der Waals surface area contributed by atoms with Crippen LogP contribution in [0, 0.1) is 11.3 Å². The van der Waals surface area contributed by atoms with Crippen molar-refractivity contribution in [2.45, 2.75) is 13.0 Å². The number of nitrogens with zero attached hydrogens (tertiary/aromatic N) is 2. The molecule has 20 heavy (non-hydrogen) atoms. The lowest BCUT2D eigenvalue weighted by atomic mass is 10.1. The van der Waals surface area contributed by atoms with Gasteiger partial charge in [0.2, 0.25) is 0 Å². The number of hydrogen-bond acceptors (Lipinski definition) is 3. The number of halogens is 1. The number of benzene rings is 2. The zero-order valence-electron chi connectivity index (χ0n) is 11.3. The highest BCUT2D eigenvalue weighted by molar-refractivity contribution is 6.33. The van der Waals surface area contributed by atoms with Crippen LogP contribution in [-0.2, 0) is 0 Å². The third-order valence-electron chi connectivity index (χ3n) is 3.20. The number of rotatable bonds is 3. The fourth-order valence-electron chi connectivity index (χ4n) is 1.95. The third kappa shape index (κ3) is 2.93. The molecule has 2 rings (SSSR count). The molecule has 4 heteroatoms. The Labute approximate surface area is 123 Å². The van der Waals surface area contributed by atoms with Crippen LogP contribution in [0.3, 0.4) is 0 Å². The Morgan fingerprint density at radius 3 is 2.35 bits per heavy atom. The Bertz CT molecular complexity index is 645. The van der Waals surface area contributed by atoms with Gasteiger partial charge in [0.1, 0.15) is 0 Å². The smallest absolute Gasteiger partial charge is 0.0991 e. The van der Waals surface area contributed by atoms with E-state index in [1.54, 1.807) is 25.1 Å². The molecule has 0 fully saturated rings. The van der Waals surface area contributed by atoms with Crippen molar-refractivity contribution in [3.05, 3.63) is 58.6 Å². The highest BCUT2D eigenvalue weighted by Crippen LogP contribution is 2.32. The van der Waals surface area contributed by atoms with Gasteiger partial charge in [0, 0.05) is 12.7 Å². The first-order valence-corrected chi connectivity index (χ1v) is 6.62. The van der Waals surface area contributed by atoms with Gasteiger partial charge >= 0.3 is 0 Å². The highest BCUT2D eigenvalue weighted by atomic mass is 35.5. The first-order valence-electron chi connectivity index (χ1n) is 6.24. The molecule has 2 aromatic rings. The second kappa shape index (κ2) is 5.96. The Morgan fingerprint density at radius 1 is 1.20 bits per heavy atom. The molecule has 0 saturated carbocycles. The minimum absolute atomic E-state index is 0.540. The Kier molecular flexibility index (Phi) is 4.29. The molecule has 0 aliphatic heterocycles. The first-order chi connectivity index (χ1) is 9.52. The summed E-state index contributed by atoms with van der Waals surface area (Å²) < 4.78 is 0. The van der Waals surface area contributed by atoms with E-state index < -0.39 is 6.10 Å². The van der Waals surface area contributed by atoms with Gasteiger partial charge in [-0.25, -0.2) is 0 Å². The van der Waals surface area contributed by atoms with Gasteiger partial charge in [-0.2, -0.15) is 5.26 Å². The van der Waals surface area contributed by atoms with Crippen molar-refractivity contribution in [1.82, 2.24) is 0 Å². The normalized spacial score (nSPS) is 11.8. The van der Waals surface area contributed by atoms with Crippen molar-refractivity contribution < 1.29 is 5.11 Å². The minimum Gasteiger partial charge on any atom is -0.389 e. The van der Waals surface area contributed by atoms with Crippen LogP contribution in [0.5, 0.6) is 0 Å². The molecular formula is C16H15ClN2O. The Hall–Kier alpha value is -2.02. The molecule has 0 aliphatic carbocycles. The zero-order chi connectivity index (χ0) is 14.7. The number of nitriles is 1. The molecule has 0 aromatic heterocycles. The van der Waals surface area contributed by atoms with Crippen molar-refractivity contribution in [2.24, 2.45) is 0 Å². The molecule has 2 aromatic carbocycles. The van der Waals surface area contributed by atoms with Crippen molar-refractivity contribution >= 4 is 23.0 Å². The van der Waals surface area contributed by atoms with Crippen LogP contribution >= 0.6 is 11.6 Å². The van der Waals surface area contributed by atoms with Crippen molar-refractivity contribution in [3.8, 4) is 6.07 Å². The lowest BCUT2D eigenvalue weighted by Crippen LogP contribution is -2.10. The van der Waals surface area contributed by atoms with E-state index in [0.29, 0.717) is 10.6 Å². The predicted octanol–water partition coefficient (Wildman–Crippen LogP) is 4.03. The lowest BCUT2D eigenvalue weighted by Gasteiger charge is -2.21. The molecule has 102 valence electrons. The third-order valence-corrected chi connectivity index (χ3v) is 3.50. The van der Waals surface area contributed by atoms with Crippen LogP contribution in [0.4, 0.5) is 11.4 Å². The summed E-state index contributed by atoms with van der Waals surface area (Å²) >= 11 is 6.27. The fourth-order valence-corrected chi connectivity index (χ4v) is 2.27. The molecule has 3 nitrogen and oxygen atoms in total. The van der Waals surface area contributed by atoms with Crippen molar-refractivity contribution in [1.29, 1.82) is 5.26 Å². The number of aliphatic hydroxyl groups excluding tert-OH is 1. The summed E-state index contributed by atoms with van der Waals surface area (Å²) in [5.41, 5.74) is 3.20. The van der Waals surface area contributed by atoms with E-state index >= 15 is 0 Å². The summed E-state index contributed by atoms with van der Waals surface area (Å²) in [6.07, 6.45) is -0.540. The van der Waals surface area contributed by atoms with Crippen LogP contribution in [0.15, 0.2) is 42.5 Å². The van der Waals surface area contributed by atoms with Crippen LogP contribution in [-0.4, -0.2) is 12.2 Å². The minimum atomic E-state index is -0.540.